The maximum absolute atomic E-state index is 11.8. The van der Waals surface area contributed by atoms with Crippen LogP contribution in [0.2, 0.25) is 0 Å². The number of aryl methyl sites for hydroxylation is 1. The molecule has 2 amide bonds. The average molecular weight is 303 g/mol. The summed E-state index contributed by atoms with van der Waals surface area (Å²) in [6, 6.07) is -0.121. The third-order valence-corrected chi connectivity index (χ3v) is 4.46. The summed E-state index contributed by atoms with van der Waals surface area (Å²) >= 11 is 0. The summed E-state index contributed by atoms with van der Waals surface area (Å²) in [5.41, 5.74) is 1.48. The first-order valence-corrected chi connectivity index (χ1v) is 8.43. The number of nitrogens with one attached hydrogen (secondary N) is 2. The number of amides is 2. The molecule has 120 valence electrons. The molecule has 0 spiro atoms. The van der Waals surface area contributed by atoms with Crippen molar-refractivity contribution in [2.45, 2.75) is 64.5 Å². The maximum Gasteiger partial charge on any atom is 0.315 e. The molecule has 1 aliphatic carbocycles. The van der Waals surface area contributed by atoms with E-state index in [-0.39, 0.29) is 6.03 Å². The first kappa shape index (κ1) is 15.1. The van der Waals surface area contributed by atoms with Gasteiger partial charge in [-0.2, -0.15) is 0 Å². The van der Waals surface area contributed by atoms with Crippen molar-refractivity contribution in [2.75, 3.05) is 6.54 Å². The van der Waals surface area contributed by atoms with E-state index in [2.05, 4.69) is 31.5 Å². The molecule has 2 aliphatic rings. The molecule has 0 radical (unpaired) electrons. The minimum Gasteiger partial charge on any atom is -0.338 e. The van der Waals surface area contributed by atoms with Crippen LogP contribution in [-0.4, -0.2) is 27.3 Å². The number of carbonyl (C=O) groups is 1. The van der Waals surface area contributed by atoms with Crippen LogP contribution in [0.3, 0.4) is 0 Å². The van der Waals surface area contributed by atoms with Crippen molar-refractivity contribution in [3.8, 4) is 0 Å². The minimum atomic E-state index is -0.121. The normalized spacial score (nSPS) is 17.5. The van der Waals surface area contributed by atoms with Crippen LogP contribution >= 0.6 is 0 Å². The van der Waals surface area contributed by atoms with Gasteiger partial charge in [0, 0.05) is 19.5 Å². The number of aromatic nitrogens is 3. The van der Waals surface area contributed by atoms with Gasteiger partial charge < -0.3 is 15.2 Å². The van der Waals surface area contributed by atoms with E-state index in [0.717, 1.165) is 31.0 Å². The molecule has 0 atom stereocenters. The van der Waals surface area contributed by atoms with E-state index in [1.165, 1.54) is 44.1 Å². The average Bonchev–Trinajstić information content (AvgIpc) is 2.97. The lowest BCUT2D eigenvalue weighted by molar-refractivity contribution is 0.240. The van der Waals surface area contributed by atoms with Gasteiger partial charge in [0.25, 0.3) is 0 Å². The molecule has 1 aromatic rings. The van der Waals surface area contributed by atoms with Gasteiger partial charge in [-0.3, -0.25) is 0 Å². The monoisotopic (exact) mass is 303 g/mol. The summed E-state index contributed by atoms with van der Waals surface area (Å²) in [6.45, 7) is 2.12. The van der Waals surface area contributed by atoms with Crippen molar-refractivity contribution in [3.63, 3.8) is 0 Å². The van der Waals surface area contributed by atoms with E-state index >= 15 is 0 Å². The Morgan fingerprint density at radius 3 is 2.91 bits per heavy atom. The molecule has 22 heavy (non-hydrogen) atoms. The molecule has 0 aromatic carbocycles. The third-order valence-electron chi connectivity index (χ3n) is 4.46. The molecule has 1 aliphatic heterocycles. The zero-order valence-corrected chi connectivity index (χ0v) is 13.1. The quantitative estimate of drug-likeness (QED) is 0.820. The number of nitrogens with zero attached hydrogens (tertiary/aromatic N) is 3. The van der Waals surface area contributed by atoms with E-state index in [1.54, 1.807) is 0 Å². The summed E-state index contributed by atoms with van der Waals surface area (Å²) in [5, 5.41) is 14.2. The van der Waals surface area contributed by atoms with Crippen LogP contribution in [-0.2, 0) is 19.5 Å². The minimum absolute atomic E-state index is 0.121. The first-order chi connectivity index (χ1) is 10.8. The number of hydrogen-bond donors (Lipinski definition) is 2. The van der Waals surface area contributed by atoms with Gasteiger partial charge in [0.05, 0.1) is 6.54 Å². The highest BCUT2D eigenvalue weighted by Crippen LogP contribution is 2.19. The summed E-state index contributed by atoms with van der Waals surface area (Å²) in [7, 11) is 0. The molecular weight excluding hydrogens is 278 g/mol. The predicted octanol–water partition coefficient (Wildman–Crippen LogP) is 2.30. The van der Waals surface area contributed by atoms with Gasteiger partial charge in [-0.05, 0) is 44.9 Å². The smallest absolute Gasteiger partial charge is 0.315 e. The van der Waals surface area contributed by atoms with Gasteiger partial charge in [-0.15, -0.1) is 10.2 Å². The molecule has 0 unspecified atom stereocenters. The Labute approximate surface area is 131 Å². The molecular formula is C16H25N5O. The van der Waals surface area contributed by atoms with Gasteiger partial charge in [0.2, 0.25) is 0 Å². The Bertz CT molecular complexity index is 549. The number of hydrogen-bond acceptors (Lipinski definition) is 3. The van der Waals surface area contributed by atoms with E-state index in [1.807, 2.05) is 0 Å². The van der Waals surface area contributed by atoms with Crippen molar-refractivity contribution in [3.05, 3.63) is 23.3 Å². The molecule has 2 heterocycles. The lowest BCUT2D eigenvalue weighted by Crippen LogP contribution is -2.36. The fraction of sp³-hybridized carbons (Fsp3) is 0.688. The van der Waals surface area contributed by atoms with Crippen LogP contribution in [0.25, 0.3) is 0 Å². The lowest BCUT2D eigenvalue weighted by atomic mass is 9.97. The second-order valence-electron chi connectivity index (χ2n) is 6.11. The summed E-state index contributed by atoms with van der Waals surface area (Å²) in [6.07, 6.45) is 11.6. The van der Waals surface area contributed by atoms with E-state index in [0.29, 0.717) is 13.1 Å². The van der Waals surface area contributed by atoms with Crippen LogP contribution in [0.15, 0.2) is 11.6 Å². The predicted molar refractivity (Wildman–Crippen MR) is 84.4 cm³/mol. The zero-order valence-electron chi connectivity index (χ0n) is 13.1. The van der Waals surface area contributed by atoms with Crippen LogP contribution < -0.4 is 10.6 Å². The first-order valence-electron chi connectivity index (χ1n) is 8.43. The highest BCUT2D eigenvalue weighted by atomic mass is 16.2. The van der Waals surface area contributed by atoms with Crippen molar-refractivity contribution in [2.24, 2.45) is 0 Å². The van der Waals surface area contributed by atoms with Crippen molar-refractivity contribution in [1.82, 2.24) is 25.4 Å². The van der Waals surface area contributed by atoms with Crippen molar-refractivity contribution in [1.29, 1.82) is 0 Å². The highest BCUT2D eigenvalue weighted by Gasteiger charge is 2.15. The number of allylic oxidation sites excluding steroid dienone is 1. The Hall–Kier alpha value is -1.85. The molecule has 0 bridgehead atoms. The highest BCUT2D eigenvalue weighted by molar-refractivity contribution is 5.73. The number of rotatable bonds is 5. The molecule has 1 aromatic heterocycles. The van der Waals surface area contributed by atoms with E-state index < -0.39 is 0 Å². The molecule has 2 N–H and O–H groups in total. The maximum atomic E-state index is 11.8. The second-order valence-corrected chi connectivity index (χ2v) is 6.11. The SMILES string of the molecule is O=C(NCCC1=CCCCC1)NCc1nnc2n1CCCC2. The Kier molecular flexibility index (Phi) is 5.08. The van der Waals surface area contributed by atoms with Crippen molar-refractivity contribution < 1.29 is 4.79 Å². The van der Waals surface area contributed by atoms with Crippen LogP contribution in [0.4, 0.5) is 4.79 Å². The fourth-order valence-electron chi connectivity index (χ4n) is 3.19. The number of fused-ring (bicyclic) bond motifs is 1. The Morgan fingerprint density at radius 2 is 2.05 bits per heavy atom. The zero-order chi connectivity index (χ0) is 15.2. The molecule has 0 saturated carbocycles. The summed E-state index contributed by atoms with van der Waals surface area (Å²) < 4.78 is 2.14. The van der Waals surface area contributed by atoms with Crippen molar-refractivity contribution >= 4 is 6.03 Å². The molecule has 3 rings (SSSR count). The van der Waals surface area contributed by atoms with Gasteiger partial charge in [-0.25, -0.2) is 4.79 Å². The summed E-state index contributed by atoms with van der Waals surface area (Å²) in [5.74, 6) is 1.91. The lowest BCUT2D eigenvalue weighted by Gasteiger charge is -2.15. The molecule has 6 heteroatoms. The third kappa shape index (κ3) is 3.87. The Morgan fingerprint density at radius 1 is 1.14 bits per heavy atom. The van der Waals surface area contributed by atoms with Gasteiger partial charge >= 0.3 is 6.03 Å². The Balaban J connectivity index is 1.39. The largest absolute Gasteiger partial charge is 0.338 e. The van der Waals surface area contributed by atoms with Gasteiger partial charge in [-0.1, -0.05) is 11.6 Å². The second kappa shape index (κ2) is 7.42. The topological polar surface area (TPSA) is 71.8 Å². The van der Waals surface area contributed by atoms with E-state index in [9.17, 15) is 4.79 Å². The molecule has 6 nitrogen and oxygen atoms in total. The van der Waals surface area contributed by atoms with Gasteiger partial charge in [0.15, 0.2) is 5.82 Å². The molecule has 0 fully saturated rings. The van der Waals surface area contributed by atoms with Crippen LogP contribution in [0, 0.1) is 0 Å². The summed E-state index contributed by atoms with van der Waals surface area (Å²) in [4.78, 5) is 11.8. The van der Waals surface area contributed by atoms with E-state index in [4.69, 9.17) is 0 Å². The standard InChI is InChI=1S/C16H25N5O/c22-16(17-10-9-13-6-2-1-3-7-13)18-12-15-20-19-14-8-4-5-11-21(14)15/h6H,1-5,7-12H2,(H2,17,18,22). The molecule has 0 saturated heterocycles. The fourth-order valence-corrected chi connectivity index (χ4v) is 3.19. The number of urea groups is 1. The van der Waals surface area contributed by atoms with Crippen LogP contribution in [0.1, 0.15) is 56.6 Å². The number of carbonyl (C=O) groups excluding carboxylic acids is 1. The van der Waals surface area contributed by atoms with Crippen LogP contribution in [0.5, 0.6) is 0 Å². The van der Waals surface area contributed by atoms with Gasteiger partial charge in [0.1, 0.15) is 5.82 Å².